The summed E-state index contributed by atoms with van der Waals surface area (Å²) in [5.74, 6) is -1.46. The number of carbonyl (C=O) groups excluding carboxylic acids is 2. The van der Waals surface area contributed by atoms with Crippen molar-refractivity contribution in [3.8, 4) is 6.07 Å². The summed E-state index contributed by atoms with van der Waals surface area (Å²) in [6, 6.07) is 10.7. The standard InChI is InChI=1S/C21H31BN4O4/c1-15(2)11-17(13-23)20(27)26-10-6-9-18(26)14-24-21(28)25-19(22(29)30)12-16-7-4-3-5-8-16/h3-5,7-8,15,17-19,29-30H,6,9-12,14H2,1-2H3,(H2,24,25,28)/t17?,18-,19+/m1/s1. The highest BCUT2D eigenvalue weighted by molar-refractivity contribution is 6.43. The highest BCUT2D eigenvalue weighted by atomic mass is 16.4. The zero-order valence-electron chi connectivity index (χ0n) is 17.6. The van der Waals surface area contributed by atoms with E-state index in [-0.39, 0.29) is 30.8 Å². The van der Waals surface area contributed by atoms with Gasteiger partial charge in [-0.3, -0.25) is 4.79 Å². The molecule has 9 heteroatoms. The van der Waals surface area contributed by atoms with Gasteiger partial charge in [0.15, 0.2) is 0 Å². The van der Waals surface area contributed by atoms with Crippen LogP contribution in [-0.2, 0) is 11.2 Å². The fourth-order valence-corrected chi connectivity index (χ4v) is 3.75. The van der Waals surface area contributed by atoms with Crippen LogP contribution < -0.4 is 10.6 Å². The second-order valence-corrected chi connectivity index (χ2v) is 8.20. The summed E-state index contributed by atoms with van der Waals surface area (Å²) in [4.78, 5) is 26.8. The van der Waals surface area contributed by atoms with Gasteiger partial charge >= 0.3 is 13.1 Å². The van der Waals surface area contributed by atoms with Crippen molar-refractivity contribution in [2.24, 2.45) is 11.8 Å². The largest absolute Gasteiger partial charge is 0.475 e. The Morgan fingerprint density at radius 3 is 2.60 bits per heavy atom. The predicted molar refractivity (Wildman–Crippen MR) is 114 cm³/mol. The molecular weight excluding hydrogens is 383 g/mol. The number of hydrogen-bond acceptors (Lipinski definition) is 5. The SMILES string of the molecule is CC(C)CC(C#N)C(=O)N1CCC[C@@H]1CNC(=O)N[C@@H](Cc1ccccc1)B(O)O. The Morgan fingerprint density at radius 2 is 2.00 bits per heavy atom. The van der Waals surface area contributed by atoms with Crippen LogP contribution >= 0.6 is 0 Å². The fraction of sp³-hybridized carbons (Fsp3) is 0.571. The van der Waals surface area contributed by atoms with Gasteiger partial charge in [-0.2, -0.15) is 5.26 Å². The van der Waals surface area contributed by atoms with E-state index < -0.39 is 25.0 Å². The summed E-state index contributed by atoms with van der Waals surface area (Å²) >= 11 is 0. The number of benzene rings is 1. The lowest BCUT2D eigenvalue weighted by molar-refractivity contribution is -0.134. The molecule has 0 bridgehead atoms. The first kappa shape index (κ1) is 23.7. The van der Waals surface area contributed by atoms with E-state index in [1.165, 1.54) is 0 Å². The lowest BCUT2D eigenvalue weighted by Gasteiger charge is -2.27. The molecule has 4 N–H and O–H groups in total. The van der Waals surface area contributed by atoms with Crippen molar-refractivity contribution >= 4 is 19.1 Å². The van der Waals surface area contributed by atoms with E-state index in [9.17, 15) is 24.9 Å². The van der Waals surface area contributed by atoms with E-state index in [0.717, 1.165) is 18.4 Å². The normalized spacial score (nSPS) is 17.9. The maximum atomic E-state index is 12.7. The van der Waals surface area contributed by atoms with Crippen LogP contribution in [0.15, 0.2) is 30.3 Å². The maximum Gasteiger partial charge on any atom is 0.475 e. The smallest absolute Gasteiger partial charge is 0.426 e. The molecule has 0 saturated carbocycles. The number of hydrogen-bond donors (Lipinski definition) is 4. The summed E-state index contributed by atoms with van der Waals surface area (Å²) in [7, 11) is -1.70. The Kier molecular flexibility index (Phi) is 9.15. The topological polar surface area (TPSA) is 126 Å². The van der Waals surface area contributed by atoms with Gasteiger partial charge in [-0.25, -0.2) is 4.79 Å². The van der Waals surface area contributed by atoms with Gasteiger partial charge in [0, 0.05) is 19.1 Å². The first-order chi connectivity index (χ1) is 14.3. The third kappa shape index (κ3) is 7.04. The second-order valence-electron chi connectivity index (χ2n) is 8.20. The molecule has 1 aliphatic heterocycles. The Bertz CT molecular complexity index is 738. The third-order valence-electron chi connectivity index (χ3n) is 5.29. The summed E-state index contributed by atoms with van der Waals surface area (Å²) < 4.78 is 0. The lowest BCUT2D eigenvalue weighted by Crippen LogP contribution is -2.53. The number of nitrogens with one attached hydrogen (secondary N) is 2. The second kappa shape index (κ2) is 11.6. The Labute approximate surface area is 178 Å². The molecule has 30 heavy (non-hydrogen) atoms. The van der Waals surface area contributed by atoms with Crippen molar-refractivity contribution in [3.63, 3.8) is 0 Å². The van der Waals surface area contributed by atoms with Crippen molar-refractivity contribution in [2.75, 3.05) is 13.1 Å². The minimum Gasteiger partial charge on any atom is -0.426 e. The van der Waals surface area contributed by atoms with Crippen molar-refractivity contribution in [1.82, 2.24) is 15.5 Å². The fourth-order valence-electron chi connectivity index (χ4n) is 3.75. The summed E-state index contributed by atoms with van der Waals surface area (Å²) in [6.07, 6.45) is 2.37. The molecule has 0 aliphatic carbocycles. The molecule has 1 fully saturated rings. The monoisotopic (exact) mass is 414 g/mol. The molecule has 1 aromatic rings. The number of rotatable bonds is 9. The zero-order chi connectivity index (χ0) is 22.1. The molecule has 1 aliphatic rings. The van der Waals surface area contributed by atoms with Gasteiger partial charge in [-0.1, -0.05) is 44.2 Å². The Hall–Kier alpha value is -2.57. The highest BCUT2D eigenvalue weighted by Crippen LogP contribution is 2.22. The first-order valence-corrected chi connectivity index (χ1v) is 10.5. The average molecular weight is 414 g/mol. The van der Waals surface area contributed by atoms with Crippen LogP contribution in [0.25, 0.3) is 0 Å². The molecule has 1 saturated heterocycles. The van der Waals surface area contributed by atoms with Crippen LogP contribution in [0.5, 0.6) is 0 Å². The van der Waals surface area contributed by atoms with Crippen LogP contribution in [0.4, 0.5) is 4.79 Å². The number of urea groups is 1. The van der Waals surface area contributed by atoms with Crippen molar-refractivity contribution in [1.29, 1.82) is 5.26 Å². The molecule has 3 atom stereocenters. The van der Waals surface area contributed by atoms with Gasteiger partial charge in [-0.15, -0.1) is 0 Å². The van der Waals surface area contributed by atoms with Crippen LogP contribution in [-0.4, -0.2) is 59.1 Å². The molecule has 1 heterocycles. The molecule has 1 aromatic carbocycles. The quantitative estimate of drug-likeness (QED) is 0.450. The number of amides is 3. The molecule has 8 nitrogen and oxygen atoms in total. The molecule has 3 amide bonds. The number of likely N-dealkylation sites (tertiary alicyclic amines) is 1. The minimum absolute atomic E-state index is 0.169. The molecule has 162 valence electrons. The van der Waals surface area contributed by atoms with Gasteiger partial charge in [0.25, 0.3) is 0 Å². The van der Waals surface area contributed by atoms with E-state index in [0.29, 0.717) is 13.0 Å². The third-order valence-corrected chi connectivity index (χ3v) is 5.29. The van der Waals surface area contributed by atoms with Crippen molar-refractivity contribution in [2.45, 2.75) is 51.5 Å². The van der Waals surface area contributed by atoms with Gasteiger partial charge in [-0.05, 0) is 37.2 Å². The van der Waals surface area contributed by atoms with Crippen LogP contribution in [0.3, 0.4) is 0 Å². The van der Waals surface area contributed by atoms with Gasteiger partial charge in [0.2, 0.25) is 5.91 Å². The highest BCUT2D eigenvalue weighted by Gasteiger charge is 2.34. The van der Waals surface area contributed by atoms with Gasteiger partial charge in [0.05, 0.1) is 12.0 Å². The Balaban J connectivity index is 1.89. The molecule has 0 spiro atoms. The number of carbonyl (C=O) groups is 2. The first-order valence-electron chi connectivity index (χ1n) is 10.5. The summed E-state index contributed by atoms with van der Waals surface area (Å²) in [5.41, 5.74) is 0.871. The zero-order valence-corrected chi connectivity index (χ0v) is 17.6. The molecule has 2 rings (SSSR count). The van der Waals surface area contributed by atoms with Crippen LogP contribution in [0, 0.1) is 23.2 Å². The van der Waals surface area contributed by atoms with E-state index in [1.54, 1.807) is 4.90 Å². The molecular formula is C21H31BN4O4. The van der Waals surface area contributed by atoms with E-state index >= 15 is 0 Å². The average Bonchev–Trinajstić information content (AvgIpc) is 3.18. The number of nitriles is 1. The predicted octanol–water partition coefficient (Wildman–Crippen LogP) is 1.09. The van der Waals surface area contributed by atoms with Gasteiger partial charge in [0.1, 0.15) is 5.92 Å². The Morgan fingerprint density at radius 1 is 1.30 bits per heavy atom. The van der Waals surface area contributed by atoms with Crippen molar-refractivity contribution in [3.05, 3.63) is 35.9 Å². The lowest BCUT2D eigenvalue weighted by atomic mass is 9.76. The van der Waals surface area contributed by atoms with E-state index in [1.807, 2.05) is 44.2 Å². The van der Waals surface area contributed by atoms with Gasteiger partial charge < -0.3 is 25.6 Å². The summed E-state index contributed by atoms with van der Waals surface area (Å²) in [6.45, 7) is 4.78. The van der Waals surface area contributed by atoms with Crippen LogP contribution in [0.1, 0.15) is 38.7 Å². The van der Waals surface area contributed by atoms with E-state index in [4.69, 9.17) is 0 Å². The molecule has 0 aromatic heterocycles. The van der Waals surface area contributed by atoms with Crippen LogP contribution in [0.2, 0.25) is 0 Å². The van der Waals surface area contributed by atoms with Crippen molar-refractivity contribution < 1.29 is 19.6 Å². The maximum absolute atomic E-state index is 12.7. The van der Waals surface area contributed by atoms with E-state index in [2.05, 4.69) is 16.7 Å². The number of nitrogens with zero attached hydrogens (tertiary/aromatic N) is 2. The molecule has 1 unspecified atom stereocenters. The summed E-state index contributed by atoms with van der Waals surface area (Å²) in [5, 5.41) is 33.9. The molecule has 0 radical (unpaired) electrons. The minimum atomic E-state index is -1.70.